The van der Waals surface area contributed by atoms with Gasteiger partial charge in [-0.15, -0.1) is 0 Å². The SMILES string of the molecule is C=CC(=O)OCC[SiH2]C(OCCC)OCCC. The lowest BCUT2D eigenvalue weighted by atomic mass is 10.5. The summed E-state index contributed by atoms with van der Waals surface area (Å²) in [4.78, 5) is 10.8. The first kappa shape index (κ1) is 16.3. The molecule has 0 rings (SSSR count). The van der Waals surface area contributed by atoms with Crippen LogP contribution in [0.2, 0.25) is 6.04 Å². The van der Waals surface area contributed by atoms with Crippen LogP contribution in [0.15, 0.2) is 12.7 Å². The summed E-state index contributed by atoms with van der Waals surface area (Å²) >= 11 is 0. The Kier molecular flexibility index (Phi) is 11.4. The number of hydrogen-bond donors (Lipinski definition) is 0. The van der Waals surface area contributed by atoms with Gasteiger partial charge in [0.2, 0.25) is 0 Å². The van der Waals surface area contributed by atoms with Gasteiger partial charge in [-0.3, -0.25) is 0 Å². The third-order valence-corrected chi connectivity index (χ3v) is 3.65. The van der Waals surface area contributed by atoms with Gasteiger partial charge in [-0.2, -0.15) is 0 Å². The van der Waals surface area contributed by atoms with E-state index in [4.69, 9.17) is 14.2 Å². The molecule has 0 saturated heterocycles. The summed E-state index contributed by atoms with van der Waals surface area (Å²) < 4.78 is 16.1. The van der Waals surface area contributed by atoms with Crippen LogP contribution >= 0.6 is 0 Å². The molecule has 0 spiro atoms. The van der Waals surface area contributed by atoms with Crippen molar-refractivity contribution in [1.29, 1.82) is 0 Å². The van der Waals surface area contributed by atoms with E-state index in [9.17, 15) is 4.79 Å². The van der Waals surface area contributed by atoms with E-state index in [2.05, 4.69) is 20.4 Å². The second-order valence-corrected chi connectivity index (χ2v) is 5.64. The molecule has 0 fully saturated rings. The Morgan fingerprint density at radius 1 is 1.24 bits per heavy atom. The highest BCUT2D eigenvalue weighted by molar-refractivity contribution is 6.36. The minimum absolute atomic E-state index is 0.0441. The molecule has 0 saturated carbocycles. The van der Waals surface area contributed by atoms with Crippen molar-refractivity contribution in [1.82, 2.24) is 0 Å². The highest BCUT2D eigenvalue weighted by atomic mass is 28.2. The Morgan fingerprint density at radius 2 is 1.82 bits per heavy atom. The molecule has 0 heterocycles. The Morgan fingerprint density at radius 3 is 2.29 bits per heavy atom. The van der Waals surface area contributed by atoms with Crippen LogP contribution in [0.1, 0.15) is 26.7 Å². The largest absolute Gasteiger partial charge is 0.463 e. The molecule has 0 unspecified atom stereocenters. The lowest BCUT2D eigenvalue weighted by Gasteiger charge is -2.17. The average molecular weight is 260 g/mol. The van der Waals surface area contributed by atoms with Gasteiger partial charge in [-0.05, 0) is 18.9 Å². The molecule has 100 valence electrons. The van der Waals surface area contributed by atoms with Gasteiger partial charge >= 0.3 is 5.97 Å². The molecule has 0 aromatic heterocycles. The van der Waals surface area contributed by atoms with Crippen molar-refractivity contribution >= 4 is 15.5 Å². The summed E-state index contributed by atoms with van der Waals surface area (Å²) in [6.07, 6.45) is 3.16. The van der Waals surface area contributed by atoms with E-state index in [1.54, 1.807) is 0 Å². The zero-order valence-electron chi connectivity index (χ0n) is 10.9. The number of esters is 1. The molecule has 0 bridgehead atoms. The van der Waals surface area contributed by atoms with Crippen LogP contribution in [0.5, 0.6) is 0 Å². The third-order valence-electron chi connectivity index (χ3n) is 2.01. The molecular weight excluding hydrogens is 236 g/mol. The molecule has 0 N–H and O–H groups in total. The van der Waals surface area contributed by atoms with Crippen molar-refractivity contribution in [3.8, 4) is 0 Å². The molecule has 0 aliphatic carbocycles. The summed E-state index contributed by atoms with van der Waals surface area (Å²) in [5.41, 5.74) is 0. The predicted molar refractivity (Wildman–Crippen MR) is 70.8 cm³/mol. The second kappa shape index (κ2) is 11.8. The van der Waals surface area contributed by atoms with Crippen molar-refractivity contribution in [3.63, 3.8) is 0 Å². The topological polar surface area (TPSA) is 44.8 Å². The smallest absolute Gasteiger partial charge is 0.330 e. The van der Waals surface area contributed by atoms with Gasteiger partial charge in [-0.1, -0.05) is 20.4 Å². The van der Waals surface area contributed by atoms with Crippen molar-refractivity contribution in [2.75, 3.05) is 19.8 Å². The van der Waals surface area contributed by atoms with E-state index < -0.39 is 9.52 Å². The summed E-state index contributed by atoms with van der Waals surface area (Å²) in [7, 11) is -0.522. The van der Waals surface area contributed by atoms with Crippen LogP contribution in [0, 0.1) is 0 Å². The molecule has 5 heteroatoms. The fraction of sp³-hybridized carbons (Fsp3) is 0.750. The Labute approximate surface area is 106 Å². The average Bonchev–Trinajstić information content (AvgIpc) is 2.36. The molecule has 0 radical (unpaired) electrons. The van der Waals surface area contributed by atoms with E-state index in [1.165, 1.54) is 6.08 Å². The lowest BCUT2D eigenvalue weighted by Crippen LogP contribution is -2.26. The Balaban J connectivity index is 3.66. The summed E-state index contributed by atoms with van der Waals surface area (Å²) in [6, 6.07) is 0.873. The minimum atomic E-state index is -0.522. The summed E-state index contributed by atoms with van der Waals surface area (Å²) in [5.74, 6) is -0.406. The normalized spacial score (nSPS) is 11.2. The summed E-state index contributed by atoms with van der Waals surface area (Å²) in [5, 5.41) is 0. The van der Waals surface area contributed by atoms with Gasteiger partial charge < -0.3 is 14.2 Å². The Hall–Kier alpha value is -0.653. The molecule has 17 heavy (non-hydrogen) atoms. The number of hydrogen-bond acceptors (Lipinski definition) is 4. The molecule has 0 aliphatic rings. The van der Waals surface area contributed by atoms with Crippen LogP contribution in [-0.2, 0) is 19.0 Å². The van der Waals surface area contributed by atoms with Crippen molar-refractivity contribution < 1.29 is 19.0 Å². The highest BCUT2D eigenvalue weighted by Gasteiger charge is 2.09. The zero-order valence-corrected chi connectivity index (χ0v) is 12.4. The van der Waals surface area contributed by atoms with Crippen molar-refractivity contribution in [2.24, 2.45) is 0 Å². The van der Waals surface area contributed by atoms with E-state index in [1.807, 2.05) is 0 Å². The van der Waals surface area contributed by atoms with Crippen LogP contribution < -0.4 is 0 Å². The van der Waals surface area contributed by atoms with Crippen molar-refractivity contribution in [3.05, 3.63) is 12.7 Å². The van der Waals surface area contributed by atoms with Crippen LogP contribution in [0.3, 0.4) is 0 Å². The molecule has 0 aromatic carbocycles. The first-order chi connectivity index (χ1) is 8.24. The summed E-state index contributed by atoms with van der Waals surface area (Å²) in [6.45, 7) is 9.39. The molecular formula is C12H24O4Si. The van der Waals surface area contributed by atoms with Gasteiger partial charge in [-0.25, -0.2) is 4.79 Å². The van der Waals surface area contributed by atoms with Crippen LogP contribution in [-0.4, -0.2) is 41.2 Å². The fourth-order valence-corrected chi connectivity index (χ4v) is 2.51. The standard InChI is InChI=1S/C12H24O4Si/c1-4-7-15-12(16-8-5-2)17-10-9-14-11(13)6-3/h6,12H,3-5,7-10,17H2,1-2H3. The minimum Gasteiger partial charge on any atom is -0.463 e. The monoisotopic (exact) mass is 260 g/mol. The van der Waals surface area contributed by atoms with E-state index in [0.717, 1.165) is 32.1 Å². The van der Waals surface area contributed by atoms with Gasteiger partial charge in [0.1, 0.15) is 5.91 Å². The first-order valence-corrected chi connectivity index (χ1v) is 8.08. The van der Waals surface area contributed by atoms with Crippen LogP contribution in [0.4, 0.5) is 0 Å². The Bertz CT molecular complexity index is 201. The third kappa shape index (κ3) is 10.2. The maximum atomic E-state index is 10.8. The van der Waals surface area contributed by atoms with Gasteiger partial charge in [0.15, 0.2) is 0 Å². The maximum Gasteiger partial charge on any atom is 0.330 e. The fourth-order valence-electron chi connectivity index (χ4n) is 1.20. The number of carbonyl (C=O) groups excluding carboxylic acids is 1. The first-order valence-electron chi connectivity index (χ1n) is 6.27. The lowest BCUT2D eigenvalue weighted by molar-refractivity contribution is -0.137. The van der Waals surface area contributed by atoms with Gasteiger partial charge in [0.05, 0.1) is 16.1 Å². The molecule has 0 amide bonds. The maximum absolute atomic E-state index is 10.8. The molecule has 4 nitrogen and oxygen atoms in total. The van der Waals surface area contributed by atoms with E-state index in [0.29, 0.717) is 6.61 Å². The van der Waals surface area contributed by atoms with Crippen LogP contribution in [0.25, 0.3) is 0 Å². The number of ether oxygens (including phenoxy) is 3. The van der Waals surface area contributed by atoms with Gasteiger partial charge in [0.25, 0.3) is 0 Å². The van der Waals surface area contributed by atoms with Crippen molar-refractivity contribution in [2.45, 2.75) is 38.6 Å². The highest BCUT2D eigenvalue weighted by Crippen LogP contribution is 1.99. The zero-order chi connectivity index (χ0) is 12.9. The van der Waals surface area contributed by atoms with Gasteiger partial charge in [0, 0.05) is 19.3 Å². The molecule has 0 atom stereocenters. The number of rotatable bonds is 11. The number of carbonyl (C=O) groups is 1. The quantitative estimate of drug-likeness (QED) is 0.185. The molecule has 0 aliphatic heterocycles. The van der Waals surface area contributed by atoms with E-state index in [-0.39, 0.29) is 11.9 Å². The predicted octanol–water partition coefficient (Wildman–Crippen LogP) is 1.44. The van der Waals surface area contributed by atoms with E-state index >= 15 is 0 Å². The second-order valence-electron chi connectivity index (χ2n) is 3.68. The molecule has 0 aromatic rings.